The largest absolute Gasteiger partial charge is 0.308 e. The maximum absolute atomic E-state index is 12.7. The first-order valence-corrected chi connectivity index (χ1v) is 9.05. The third-order valence-corrected chi connectivity index (χ3v) is 5.58. The number of benzene rings is 2. The predicted molar refractivity (Wildman–Crippen MR) is 95.6 cm³/mol. The molecule has 7 nitrogen and oxygen atoms in total. The lowest BCUT2D eigenvalue weighted by molar-refractivity contribution is -0.116. The molecule has 1 amide bonds. The highest BCUT2D eigenvalue weighted by atomic mass is 32.2. The van der Waals surface area contributed by atoms with Crippen molar-refractivity contribution in [3.8, 4) is 0 Å². The Morgan fingerprint density at radius 1 is 1.16 bits per heavy atom. The van der Waals surface area contributed by atoms with Crippen molar-refractivity contribution in [3.05, 3.63) is 54.7 Å². The van der Waals surface area contributed by atoms with Gasteiger partial charge in [-0.25, -0.2) is 8.42 Å². The molecule has 0 saturated carbocycles. The first-order valence-electron chi connectivity index (χ1n) is 7.61. The summed E-state index contributed by atoms with van der Waals surface area (Å²) in [5.74, 6) is -0.0745. The van der Waals surface area contributed by atoms with Crippen LogP contribution in [0.4, 0.5) is 5.82 Å². The molecule has 0 fully saturated rings. The Hall–Kier alpha value is -2.71. The summed E-state index contributed by atoms with van der Waals surface area (Å²) in [5.41, 5.74) is 0. The molecule has 0 bridgehead atoms. The number of carbonyl (C=O) groups is 1. The average molecular weight is 358 g/mol. The molecule has 0 saturated heterocycles. The van der Waals surface area contributed by atoms with Gasteiger partial charge in [0, 0.05) is 26.4 Å². The summed E-state index contributed by atoms with van der Waals surface area (Å²) in [6, 6.07) is 14.0. The molecule has 8 heteroatoms. The number of amides is 1. The maximum atomic E-state index is 12.7. The molecule has 1 aromatic heterocycles. The zero-order chi connectivity index (χ0) is 18.0. The number of anilines is 1. The van der Waals surface area contributed by atoms with Crippen LogP contribution in [-0.2, 0) is 21.9 Å². The summed E-state index contributed by atoms with van der Waals surface area (Å²) in [6.07, 6.45) is 1.69. The number of rotatable bonds is 5. The van der Waals surface area contributed by atoms with Crippen LogP contribution >= 0.6 is 0 Å². The number of likely N-dealkylation sites (N-methyl/N-ethyl adjacent to an activating group) is 1. The van der Waals surface area contributed by atoms with Gasteiger partial charge in [0.2, 0.25) is 15.9 Å². The minimum absolute atomic E-state index is 0.152. The third kappa shape index (κ3) is 3.70. The van der Waals surface area contributed by atoms with Crippen molar-refractivity contribution in [1.29, 1.82) is 0 Å². The maximum Gasteiger partial charge on any atom is 0.243 e. The van der Waals surface area contributed by atoms with Gasteiger partial charge in [-0.05, 0) is 22.9 Å². The lowest BCUT2D eigenvalue weighted by Crippen LogP contribution is -2.35. The molecule has 25 heavy (non-hydrogen) atoms. The molecular formula is C17H18N4O3S. The molecule has 0 atom stereocenters. The van der Waals surface area contributed by atoms with Crippen molar-refractivity contribution >= 4 is 32.5 Å². The molecule has 3 rings (SSSR count). The Labute approximate surface area is 145 Å². The first kappa shape index (κ1) is 17.1. The fourth-order valence-corrected chi connectivity index (χ4v) is 3.62. The van der Waals surface area contributed by atoms with Crippen molar-refractivity contribution < 1.29 is 13.2 Å². The van der Waals surface area contributed by atoms with Gasteiger partial charge >= 0.3 is 0 Å². The van der Waals surface area contributed by atoms with Crippen molar-refractivity contribution in [2.45, 2.75) is 4.90 Å². The Morgan fingerprint density at radius 2 is 1.88 bits per heavy atom. The topological polar surface area (TPSA) is 84.3 Å². The van der Waals surface area contributed by atoms with Crippen molar-refractivity contribution in [3.63, 3.8) is 0 Å². The van der Waals surface area contributed by atoms with E-state index in [0.717, 1.165) is 15.1 Å². The lowest BCUT2D eigenvalue weighted by atomic mass is 10.1. The smallest absolute Gasteiger partial charge is 0.243 e. The molecule has 0 aliphatic heterocycles. The van der Waals surface area contributed by atoms with Gasteiger partial charge in [-0.2, -0.15) is 9.40 Å². The van der Waals surface area contributed by atoms with Gasteiger partial charge in [0.25, 0.3) is 0 Å². The van der Waals surface area contributed by atoms with Gasteiger partial charge in [0.05, 0.1) is 11.4 Å². The highest BCUT2D eigenvalue weighted by Gasteiger charge is 2.23. The highest BCUT2D eigenvalue weighted by Crippen LogP contribution is 2.21. The Bertz CT molecular complexity index is 1030. The molecule has 3 aromatic rings. The number of aromatic nitrogens is 2. The van der Waals surface area contributed by atoms with Crippen molar-refractivity contribution in [1.82, 2.24) is 14.1 Å². The molecule has 0 aliphatic carbocycles. The Balaban J connectivity index is 1.76. The van der Waals surface area contributed by atoms with Crippen molar-refractivity contribution in [2.75, 3.05) is 18.9 Å². The molecule has 0 aliphatic rings. The number of nitrogens with one attached hydrogen (secondary N) is 1. The molecule has 0 unspecified atom stereocenters. The van der Waals surface area contributed by atoms with Gasteiger partial charge in [-0.3, -0.25) is 9.48 Å². The SMILES string of the molecule is CN(CC(=O)Nc1ccn(C)n1)S(=O)(=O)c1ccc2ccccc2c1. The normalized spacial score (nSPS) is 11.8. The average Bonchev–Trinajstić information content (AvgIpc) is 2.98. The molecule has 0 radical (unpaired) electrons. The predicted octanol–water partition coefficient (Wildman–Crippen LogP) is 1.83. The van der Waals surface area contributed by atoms with E-state index >= 15 is 0 Å². The quantitative estimate of drug-likeness (QED) is 0.754. The summed E-state index contributed by atoms with van der Waals surface area (Å²) in [5, 5.41) is 8.38. The van der Waals surface area contributed by atoms with E-state index in [4.69, 9.17) is 0 Å². The zero-order valence-corrected chi connectivity index (χ0v) is 14.7. The van der Waals surface area contributed by atoms with Crippen LogP contribution in [0.15, 0.2) is 59.6 Å². The number of carbonyl (C=O) groups excluding carboxylic acids is 1. The Morgan fingerprint density at radius 3 is 2.56 bits per heavy atom. The van der Waals surface area contributed by atoms with E-state index in [2.05, 4.69) is 10.4 Å². The number of sulfonamides is 1. The van der Waals surface area contributed by atoms with E-state index in [-0.39, 0.29) is 11.4 Å². The van der Waals surface area contributed by atoms with E-state index in [9.17, 15) is 13.2 Å². The molecule has 130 valence electrons. The monoisotopic (exact) mass is 358 g/mol. The van der Waals surface area contributed by atoms with Gasteiger partial charge in [-0.15, -0.1) is 0 Å². The van der Waals surface area contributed by atoms with Gasteiger partial charge in [0.15, 0.2) is 5.82 Å². The summed E-state index contributed by atoms with van der Waals surface area (Å²) < 4.78 is 28.0. The summed E-state index contributed by atoms with van der Waals surface area (Å²) in [4.78, 5) is 12.2. The van der Waals surface area contributed by atoms with E-state index in [0.29, 0.717) is 5.82 Å². The molecule has 0 spiro atoms. The first-order chi connectivity index (χ1) is 11.9. The van der Waals surface area contributed by atoms with Crippen LogP contribution in [0, 0.1) is 0 Å². The van der Waals surface area contributed by atoms with Gasteiger partial charge < -0.3 is 5.32 Å². The van der Waals surface area contributed by atoms with Crippen LogP contribution < -0.4 is 5.32 Å². The minimum atomic E-state index is -3.77. The Kier molecular flexibility index (Phi) is 4.56. The van der Waals surface area contributed by atoms with Crippen LogP contribution in [0.1, 0.15) is 0 Å². The third-order valence-electron chi connectivity index (χ3n) is 3.78. The number of hydrogen-bond acceptors (Lipinski definition) is 4. The standard InChI is InChI=1S/C17H18N4O3S/c1-20-10-9-16(19-20)18-17(22)12-21(2)25(23,24)15-8-7-13-5-3-4-6-14(13)11-15/h3-11H,12H2,1-2H3,(H,18,19,22). The second-order valence-electron chi connectivity index (χ2n) is 5.69. The van der Waals surface area contributed by atoms with E-state index in [1.54, 1.807) is 42.2 Å². The minimum Gasteiger partial charge on any atom is -0.308 e. The van der Waals surface area contributed by atoms with Gasteiger partial charge in [-0.1, -0.05) is 30.3 Å². The van der Waals surface area contributed by atoms with Crippen LogP contribution in [0.3, 0.4) is 0 Å². The summed E-state index contributed by atoms with van der Waals surface area (Å²) in [7, 11) is -0.660. The molecular weight excluding hydrogens is 340 g/mol. The highest BCUT2D eigenvalue weighted by molar-refractivity contribution is 7.89. The van der Waals surface area contributed by atoms with E-state index < -0.39 is 15.9 Å². The van der Waals surface area contributed by atoms with E-state index in [1.807, 2.05) is 24.3 Å². The summed E-state index contributed by atoms with van der Waals surface area (Å²) in [6.45, 7) is -0.300. The molecule has 2 aromatic carbocycles. The number of hydrogen-bond donors (Lipinski definition) is 1. The zero-order valence-electron chi connectivity index (χ0n) is 13.9. The van der Waals surface area contributed by atoms with Crippen LogP contribution in [0.25, 0.3) is 10.8 Å². The number of aryl methyl sites for hydroxylation is 1. The van der Waals surface area contributed by atoms with Crippen LogP contribution in [-0.4, -0.2) is 42.0 Å². The van der Waals surface area contributed by atoms with Gasteiger partial charge in [0.1, 0.15) is 0 Å². The fraction of sp³-hybridized carbons (Fsp3) is 0.176. The van der Waals surface area contributed by atoms with E-state index in [1.165, 1.54) is 7.05 Å². The number of fused-ring (bicyclic) bond motifs is 1. The number of nitrogens with zero attached hydrogens (tertiary/aromatic N) is 3. The van der Waals surface area contributed by atoms with Crippen LogP contribution in [0.2, 0.25) is 0 Å². The second-order valence-corrected chi connectivity index (χ2v) is 7.74. The molecule has 1 N–H and O–H groups in total. The fourth-order valence-electron chi connectivity index (χ4n) is 2.46. The molecule has 1 heterocycles. The van der Waals surface area contributed by atoms with Crippen molar-refractivity contribution in [2.24, 2.45) is 7.05 Å². The van der Waals surface area contributed by atoms with Crippen LogP contribution in [0.5, 0.6) is 0 Å². The lowest BCUT2D eigenvalue weighted by Gasteiger charge is -2.17. The summed E-state index contributed by atoms with van der Waals surface area (Å²) >= 11 is 0. The second kappa shape index (κ2) is 6.66.